The van der Waals surface area contributed by atoms with Crippen molar-refractivity contribution in [1.29, 1.82) is 0 Å². The van der Waals surface area contributed by atoms with E-state index in [1.807, 2.05) is 4.90 Å². The van der Waals surface area contributed by atoms with Crippen molar-refractivity contribution in [2.24, 2.45) is 11.8 Å². The Kier molecular flexibility index (Phi) is 5.68. The maximum Gasteiger partial charge on any atom is 0.318 e. The van der Waals surface area contributed by atoms with Crippen LogP contribution in [-0.4, -0.2) is 55.0 Å². The number of rotatable bonds is 4. The van der Waals surface area contributed by atoms with Gasteiger partial charge in [0.2, 0.25) is 0 Å². The first-order valence-electron chi connectivity index (χ1n) is 6.95. The molecule has 0 spiro atoms. The summed E-state index contributed by atoms with van der Waals surface area (Å²) in [7, 11) is 1.79. The molecule has 114 valence electrons. The molecule has 0 aromatic heterocycles. The highest BCUT2D eigenvalue weighted by Crippen LogP contribution is 2.30. The molecule has 6 heteroatoms. The van der Waals surface area contributed by atoms with Gasteiger partial charge in [-0.15, -0.1) is 0 Å². The molecular weight excluding hydrogens is 262 g/mol. The van der Waals surface area contributed by atoms with E-state index < -0.39 is 29.6 Å². The number of ether oxygens (including phenoxy) is 2. The number of nitrogens with zero attached hydrogens (tertiary/aromatic N) is 1. The molecule has 4 atom stereocenters. The van der Waals surface area contributed by atoms with Crippen LogP contribution in [0.2, 0.25) is 0 Å². The van der Waals surface area contributed by atoms with Crippen LogP contribution in [0.5, 0.6) is 0 Å². The third kappa shape index (κ3) is 3.00. The molecule has 20 heavy (non-hydrogen) atoms. The molecule has 1 fully saturated rings. The Morgan fingerprint density at radius 1 is 1.00 bits per heavy atom. The van der Waals surface area contributed by atoms with E-state index in [-0.39, 0.29) is 25.3 Å². The summed E-state index contributed by atoms with van der Waals surface area (Å²) in [5.74, 6) is -3.42. The third-order valence-electron chi connectivity index (χ3n) is 3.94. The SMILES string of the molecule is CCOC(=O)[C@@H]1C(=O)[C@H](C(=O)OCC)[C@@H](C)N(C)[C@@H]1C. The van der Waals surface area contributed by atoms with Crippen LogP contribution < -0.4 is 0 Å². The molecule has 0 bridgehead atoms. The van der Waals surface area contributed by atoms with E-state index >= 15 is 0 Å². The summed E-state index contributed by atoms with van der Waals surface area (Å²) in [6.45, 7) is 7.36. The molecule has 1 saturated heterocycles. The number of hydrogen-bond acceptors (Lipinski definition) is 6. The summed E-state index contributed by atoms with van der Waals surface area (Å²) >= 11 is 0. The molecule has 0 radical (unpaired) electrons. The summed E-state index contributed by atoms with van der Waals surface area (Å²) in [5, 5.41) is 0. The van der Waals surface area contributed by atoms with E-state index in [4.69, 9.17) is 9.47 Å². The normalized spacial score (nSPS) is 30.9. The number of piperidine rings is 1. The van der Waals surface area contributed by atoms with Crippen LogP contribution in [0.25, 0.3) is 0 Å². The minimum absolute atomic E-state index is 0.207. The summed E-state index contributed by atoms with van der Waals surface area (Å²) in [4.78, 5) is 38.3. The Morgan fingerprint density at radius 2 is 1.35 bits per heavy atom. The lowest BCUT2D eigenvalue weighted by molar-refractivity contribution is -0.167. The van der Waals surface area contributed by atoms with E-state index in [0.29, 0.717) is 0 Å². The zero-order chi connectivity index (χ0) is 15.4. The lowest BCUT2D eigenvalue weighted by atomic mass is 9.78. The van der Waals surface area contributed by atoms with E-state index in [0.717, 1.165) is 0 Å². The van der Waals surface area contributed by atoms with Crippen LogP contribution in [0, 0.1) is 11.8 Å². The summed E-state index contributed by atoms with van der Waals surface area (Å²) in [6, 6.07) is -0.607. The van der Waals surface area contributed by atoms with Gasteiger partial charge in [0.15, 0.2) is 5.78 Å². The molecule has 0 amide bonds. The second-order valence-corrected chi connectivity index (χ2v) is 5.01. The third-order valence-corrected chi connectivity index (χ3v) is 3.94. The molecule has 0 aromatic rings. The first-order valence-corrected chi connectivity index (χ1v) is 6.95. The molecule has 1 rings (SSSR count). The number of carbonyl (C=O) groups is 3. The van der Waals surface area contributed by atoms with Crippen molar-refractivity contribution in [2.45, 2.75) is 39.8 Å². The number of hydrogen-bond donors (Lipinski definition) is 0. The van der Waals surface area contributed by atoms with Gasteiger partial charge >= 0.3 is 11.9 Å². The fraction of sp³-hybridized carbons (Fsp3) is 0.786. The Balaban J connectivity index is 3.05. The van der Waals surface area contributed by atoms with Crippen LogP contribution in [0.3, 0.4) is 0 Å². The largest absolute Gasteiger partial charge is 0.465 e. The van der Waals surface area contributed by atoms with Crippen LogP contribution in [0.15, 0.2) is 0 Å². The molecule has 1 heterocycles. The maximum absolute atomic E-state index is 12.5. The van der Waals surface area contributed by atoms with Crippen LogP contribution >= 0.6 is 0 Å². The monoisotopic (exact) mass is 285 g/mol. The summed E-state index contributed by atoms with van der Waals surface area (Å²) in [5.41, 5.74) is 0. The standard InChI is InChI=1S/C14H23NO5/c1-6-19-13(17)10-8(3)15(5)9(4)11(12(10)16)14(18)20-7-2/h8-11H,6-7H2,1-5H3/t8-,9-,10-,11+/m1/s1. The van der Waals surface area contributed by atoms with Crippen LogP contribution in [-0.2, 0) is 23.9 Å². The van der Waals surface area contributed by atoms with Gasteiger partial charge in [-0.3, -0.25) is 19.3 Å². The number of esters is 2. The van der Waals surface area contributed by atoms with E-state index in [1.165, 1.54) is 0 Å². The molecular formula is C14H23NO5. The average Bonchev–Trinajstić information content (AvgIpc) is 2.37. The molecule has 0 aliphatic carbocycles. The Hall–Kier alpha value is -1.43. The second kappa shape index (κ2) is 6.83. The topological polar surface area (TPSA) is 72.9 Å². The van der Waals surface area contributed by atoms with Crippen molar-refractivity contribution in [1.82, 2.24) is 4.90 Å². The highest BCUT2D eigenvalue weighted by molar-refractivity contribution is 6.10. The second-order valence-electron chi connectivity index (χ2n) is 5.01. The Bertz CT molecular complexity index is 361. The van der Waals surface area contributed by atoms with E-state index in [2.05, 4.69) is 0 Å². The van der Waals surface area contributed by atoms with Gasteiger partial charge in [-0.2, -0.15) is 0 Å². The van der Waals surface area contributed by atoms with Gasteiger partial charge in [-0.1, -0.05) is 0 Å². The molecule has 1 aliphatic heterocycles. The lowest BCUT2D eigenvalue weighted by Crippen LogP contribution is -2.60. The van der Waals surface area contributed by atoms with Crippen LogP contribution in [0.4, 0.5) is 0 Å². The summed E-state index contributed by atoms with van der Waals surface area (Å²) in [6.07, 6.45) is 0. The van der Waals surface area contributed by atoms with Gasteiger partial charge in [-0.05, 0) is 34.7 Å². The fourth-order valence-corrected chi connectivity index (χ4v) is 2.60. The predicted molar refractivity (Wildman–Crippen MR) is 71.9 cm³/mol. The lowest BCUT2D eigenvalue weighted by Gasteiger charge is -2.42. The van der Waals surface area contributed by atoms with Gasteiger partial charge in [0.05, 0.1) is 13.2 Å². The summed E-state index contributed by atoms with van der Waals surface area (Å²) < 4.78 is 9.91. The van der Waals surface area contributed by atoms with Gasteiger partial charge in [-0.25, -0.2) is 0 Å². The van der Waals surface area contributed by atoms with Crippen molar-refractivity contribution in [3.63, 3.8) is 0 Å². The predicted octanol–water partition coefficient (Wildman–Crippen LogP) is 0.637. The van der Waals surface area contributed by atoms with E-state index in [9.17, 15) is 14.4 Å². The zero-order valence-electron chi connectivity index (χ0n) is 12.7. The van der Waals surface area contributed by atoms with Gasteiger partial charge in [0.1, 0.15) is 11.8 Å². The number of ketones is 1. The highest BCUT2D eigenvalue weighted by atomic mass is 16.5. The fourth-order valence-electron chi connectivity index (χ4n) is 2.60. The molecule has 0 aromatic carbocycles. The number of Topliss-reactive ketones (excluding diaryl/α,β-unsaturated/α-hetero) is 1. The smallest absolute Gasteiger partial charge is 0.318 e. The first-order chi connectivity index (χ1) is 9.36. The molecule has 0 saturated carbocycles. The van der Waals surface area contributed by atoms with Crippen molar-refractivity contribution in [3.05, 3.63) is 0 Å². The average molecular weight is 285 g/mol. The molecule has 0 unspecified atom stereocenters. The highest BCUT2D eigenvalue weighted by Gasteiger charge is 2.51. The minimum Gasteiger partial charge on any atom is -0.465 e. The molecule has 1 aliphatic rings. The maximum atomic E-state index is 12.5. The van der Waals surface area contributed by atoms with Crippen LogP contribution in [0.1, 0.15) is 27.7 Å². The zero-order valence-corrected chi connectivity index (χ0v) is 12.7. The molecule has 0 N–H and O–H groups in total. The number of likely N-dealkylation sites (tertiary alicyclic amines) is 1. The van der Waals surface area contributed by atoms with Crippen molar-refractivity contribution >= 4 is 17.7 Å². The van der Waals surface area contributed by atoms with Gasteiger partial charge in [0.25, 0.3) is 0 Å². The van der Waals surface area contributed by atoms with Crippen molar-refractivity contribution in [2.75, 3.05) is 20.3 Å². The number of carbonyl (C=O) groups excluding carboxylic acids is 3. The van der Waals surface area contributed by atoms with E-state index in [1.54, 1.807) is 34.7 Å². The van der Waals surface area contributed by atoms with Crippen molar-refractivity contribution < 1.29 is 23.9 Å². The minimum atomic E-state index is -0.939. The Morgan fingerprint density at radius 3 is 1.65 bits per heavy atom. The van der Waals surface area contributed by atoms with Gasteiger partial charge in [0, 0.05) is 12.1 Å². The first kappa shape index (κ1) is 16.6. The molecule has 6 nitrogen and oxygen atoms in total. The Labute approximate surface area is 119 Å². The van der Waals surface area contributed by atoms with Gasteiger partial charge < -0.3 is 9.47 Å². The van der Waals surface area contributed by atoms with Crippen molar-refractivity contribution in [3.8, 4) is 0 Å². The quantitative estimate of drug-likeness (QED) is 0.557.